The molecule has 5 heteroatoms. The third-order valence-corrected chi connectivity index (χ3v) is 3.79. The van der Waals surface area contributed by atoms with Gasteiger partial charge in [0, 0.05) is 38.4 Å². The Kier molecular flexibility index (Phi) is 3.53. The maximum Gasteiger partial charge on any atom is 0.203 e. The van der Waals surface area contributed by atoms with Gasteiger partial charge in [-0.1, -0.05) is 13.8 Å². The number of benzene rings is 1. The first-order chi connectivity index (χ1) is 9.61. The van der Waals surface area contributed by atoms with Crippen LogP contribution in [-0.4, -0.2) is 47.6 Å². The van der Waals surface area contributed by atoms with E-state index in [1.165, 1.54) is 6.54 Å². The number of piperazine rings is 1. The Morgan fingerprint density at radius 1 is 1.25 bits per heavy atom. The van der Waals surface area contributed by atoms with Gasteiger partial charge < -0.3 is 15.6 Å². The average Bonchev–Trinajstić information content (AvgIpc) is 2.81. The molecule has 1 aliphatic rings. The number of hydrogen-bond donors (Lipinski definition) is 2. The Hall–Kier alpha value is -1.75. The summed E-state index contributed by atoms with van der Waals surface area (Å²) in [5.41, 5.74) is 8.58. The van der Waals surface area contributed by atoms with Crippen LogP contribution in [0.1, 0.15) is 13.8 Å². The third-order valence-electron chi connectivity index (χ3n) is 3.79. The van der Waals surface area contributed by atoms with Crippen molar-refractivity contribution in [3.63, 3.8) is 0 Å². The molecule has 0 unspecified atom stereocenters. The molecule has 1 aromatic carbocycles. The minimum Gasteiger partial charge on any atom is -0.399 e. The standard InChI is InChI=1S/C15H23N5/c1-11(2)10-19-5-7-20(8-6-19)15-17-13-4-3-12(16)9-14(13)18-15/h3-4,9,11H,5-8,10,16H2,1-2H3,(H,17,18). The predicted molar refractivity (Wildman–Crippen MR) is 84.0 cm³/mol. The van der Waals surface area contributed by atoms with Crippen molar-refractivity contribution in [1.82, 2.24) is 14.9 Å². The van der Waals surface area contributed by atoms with Crippen LogP contribution < -0.4 is 10.6 Å². The fourth-order valence-corrected chi connectivity index (χ4v) is 2.82. The van der Waals surface area contributed by atoms with Crippen molar-refractivity contribution in [2.24, 2.45) is 5.92 Å². The van der Waals surface area contributed by atoms with Gasteiger partial charge in [-0.15, -0.1) is 0 Å². The van der Waals surface area contributed by atoms with Crippen LogP contribution in [0.25, 0.3) is 11.0 Å². The van der Waals surface area contributed by atoms with Crippen LogP contribution in [0.15, 0.2) is 18.2 Å². The molecule has 3 N–H and O–H groups in total. The summed E-state index contributed by atoms with van der Waals surface area (Å²) < 4.78 is 0. The minimum atomic E-state index is 0.732. The molecule has 1 aromatic heterocycles. The molecule has 1 aliphatic heterocycles. The highest BCUT2D eigenvalue weighted by molar-refractivity contribution is 5.80. The number of rotatable bonds is 3. The molecule has 2 aromatic rings. The Balaban J connectivity index is 1.70. The quantitative estimate of drug-likeness (QED) is 0.839. The highest BCUT2D eigenvalue weighted by Gasteiger charge is 2.19. The molecule has 3 rings (SSSR count). The molecular weight excluding hydrogens is 250 g/mol. The Labute approximate surface area is 119 Å². The first-order valence-electron chi connectivity index (χ1n) is 7.34. The van der Waals surface area contributed by atoms with Crippen LogP contribution in [0.3, 0.4) is 0 Å². The summed E-state index contributed by atoms with van der Waals surface area (Å²) in [5.74, 6) is 1.70. The minimum absolute atomic E-state index is 0.732. The molecule has 0 saturated carbocycles. The van der Waals surface area contributed by atoms with Gasteiger partial charge in [0.15, 0.2) is 0 Å². The highest BCUT2D eigenvalue weighted by atomic mass is 15.3. The van der Waals surface area contributed by atoms with Crippen LogP contribution in [0.5, 0.6) is 0 Å². The zero-order chi connectivity index (χ0) is 14.1. The van der Waals surface area contributed by atoms with E-state index in [-0.39, 0.29) is 0 Å². The molecular formula is C15H23N5. The number of nitrogen functional groups attached to an aromatic ring is 1. The van der Waals surface area contributed by atoms with E-state index in [1.807, 2.05) is 18.2 Å². The second-order valence-electron chi connectivity index (χ2n) is 6.02. The predicted octanol–water partition coefficient (Wildman–Crippen LogP) is 1.92. The zero-order valence-corrected chi connectivity index (χ0v) is 12.3. The number of nitrogens with one attached hydrogen (secondary N) is 1. The molecule has 0 spiro atoms. The van der Waals surface area contributed by atoms with Crippen molar-refractivity contribution in [3.05, 3.63) is 18.2 Å². The molecule has 1 fully saturated rings. The van der Waals surface area contributed by atoms with Gasteiger partial charge in [0.05, 0.1) is 11.0 Å². The van der Waals surface area contributed by atoms with Crippen molar-refractivity contribution in [2.45, 2.75) is 13.8 Å². The van der Waals surface area contributed by atoms with Gasteiger partial charge in [0.1, 0.15) is 0 Å². The monoisotopic (exact) mass is 273 g/mol. The molecule has 0 atom stereocenters. The molecule has 2 heterocycles. The van der Waals surface area contributed by atoms with Gasteiger partial charge in [-0.2, -0.15) is 0 Å². The smallest absolute Gasteiger partial charge is 0.203 e. The lowest BCUT2D eigenvalue weighted by Gasteiger charge is -2.35. The lowest BCUT2D eigenvalue weighted by atomic mass is 10.2. The fraction of sp³-hybridized carbons (Fsp3) is 0.533. The number of hydrogen-bond acceptors (Lipinski definition) is 4. The van der Waals surface area contributed by atoms with Crippen molar-refractivity contribution in [3.8, 4) is 0 Å². The van der Waals surface area contributed by atoms with Gasteiger partial charge in [0.2, 0.25) is 5.95 Å². The number of aromatic amines is 1. The fourth-order valence-electron chi connectivity index (χ4n) is 2.82. The number of nitrogens with two attached hydrogens (primary N) is 1. The number of fused-ring (bicyclic) bond motifs is 1. The maximum atomic E-state index is 5.81. The van der Waals surface area contributed by atoms with Gasteiger partial charge in [-0.25, -0.2) is 4.98 Å². The highest BCUT2D eigenvalue weighted by Crippen LogP contribution is 2.20. The van der Waals surface area contributed by atoms with Gasteiger partial charge >= 0.3 is 0 Å². The first-order valence-corrected chi connectivity index (χ1v) is 7.34. The van der Waals surface area contributed by atoms with Crippen LogP contribution >= 0.6 is 0 Å². The maximum absolute atomic E-state index is 5.81. The van der Waals surface area contributed by atoms with Crippen molar-refractivity contribution >= 4 is 22.7 Å². The summed E-state index contributed by atoms with van der Waals surface area (Å²) in [5, 5.41) is 0. The lowest BCUT2D eigenvalue weighted by molar-refractivity contribution is 0.230. The van der Waals surface area contributed by atoms with Crippen LogP contribution in [0.4, 0.5) is 11.6 Å². The summed E-state index contributed by atoms with van der Waals surface area (Å²) in [6.07, 6.45) is 0. The van der Waals surface area contributed by atoms with Gasteiger partial charge in [0.25, 0.3) is 0 Å². The van der Waals surface area contributed by atoms with E-state index in [0.717, 1.165) is 54.8 Å². The lowest BCUT2D eigenvalue weighted by Crippen LogP contribution is -2.47. The van der Waals surface area contributed by atoms with E-state index in [0.29, 0.717) is 0 Å². The van der Waals surface area contributed by atoms with Crippen LogP contribution in [0, 0.1) is 5.92 Å². The number of aromatic nitrogens is 2. The molecule has 0 aliphatic carbocycles. The van der Waals surface area contributed by atoms with E-state index in [2.05, 4.69) is 33.6 Å². The second-order valence-corrected chi connectivity index (χ2v) is 6.02. The largest absolute Gasteiger partial charge is 0.399 e. The number of anilines is 2. The Bertz CT molecular complexity index is 581. The van der Waals surface area contributed by atoms with Gasteiger partial charge in [-0.05, 0) is 24.1 Å². The topological polar surface area (TPSA) is 61.2 Å². The van der Waals surface area contributed by atoms with E-state index in [4.69, 9.17) is 5.73 Å². The third kappa shape index (κ3) is 2.72. The van der Waals surface area contributed by atoms with Crippen molar-refractivity contribution in [2.75, 3.05) is 43.4 Å². The summed E-state index contributed by atoms with van der Waals surface area (Å²) in [6.45, 7) is 10.0. The van der Waals surface area contributed by atoms with Crippen LogP contribution in [0.2, 0.25) is 0 Å². The summed E-state index contributed by atoms with van der Waals surface area (Å²) in [4.78, 5) is 12.9. The van der Waals surface area contributed by atoms with E-state index in [1.54, 1.807) is 0 Å². The van der Waals surface area contributed by atoms with E-state index in [9.17, 15) is 0 Å². The normalized spacial score (nSPS) is 17.2. The second kappa shape index (κ2) is 5.32. The van der Waals surface area contributed by atoms with Crippen LogP contribution in [-0.2, 0) is 0 Å². The SMILES string of the molecule is CC(C)CN1CCN(c2nc3ccc(N)cc3[nH]2)CC1. The summed E-state index contributed by atoms with van der Waals surface area (Å²) in [7, 11) is 0. The zero-order valence-electron chi connectivity index (χ0n) is 12.3. The average molecular weight is 273 g/mol. The van der Waals surface area contributed by atoms with Crippen molar-refractivity contribution in [1.29, 1.82) is 0 Å². The summed E-state index contributed by atoms with van der Waals surface area (Å²) >= 11 is 0. The number of nitrogens with zero attached hydrogens (tertiary/aromatic N) is 3. The molecule has 5 nitrogen and oxygen atoms in total. The molecule has 0 radical (unpaired) electrons. The first kappa shape index (κ1) is 13.2. The van der Waals surface area contributed by atoms with E-state index >= 15 is 0 Å². The van der Waals surface area contributed by atoms with Gasteiger partial charge in [-0.3, -0.25) is 4.90 Å². The number of H-pyrrole nitrogens is 1. The molecule has 20 heavy (non-hydrogen) atoms. The summed E-state index contributed by atoms with van der Waals surface area (Å²) in [6, 6.07) is 5.81. The molecule has 1 saturated heterocycles. The molecule has 0 amide bonds. The Morgan fingerprint density at radius 3 is 2.70 bits per heavy atom. The molecule has 108 valence electrons. The number of imidazole rings is 1. The van der Waals surface area contributed by atoms with E-state index < -0.39 is 0 Å². The molecule has 0 bridgehead atoms. The Morgan fingerprint density at radius 2 is 2.00 bits per heavy atom. The van der Waals surface area contributed by atoms with Crippen molar-refractivity contribution < 1.29 is 0 Å².